The number of aryl methyl sites for hydroxylation is 1. The van der Waals surface area contributed by atoms with Crippen LogP contribution in [0, 0.1) is 12.8 Å². The van der Waals surface area contributed by atoms with Gasteiger partial charge in [0.15, 0.2) is 0 Å². The van der Waals surface area contributed by atoms with Crippen LogP contribution in [0.4, 0.5) is 11.4 Å². The topological polar surface area (TPSA) is 58.3 Å². The average molecular weight is 236 g/mol. The van der Waals surface area contributed by atoms with Crippen LogP contribution in [0.25, 0.3) is 0 Å². The second kappa shape index (κ2) is 7.17. The maximum absolute atomic E-state index is 9.01. The number of anilines is 2. The number of aliphatic hydroxyl groups is 1. The standard InChI is InChI=1S/C14H24N2O/c1-3-4-12(7-8-17)10-16-14-9-11(2)5-6-13(14)15/h5-6,9,12,16-17H,3-4,7-8,10,15H2,1-2H3. The van der Waals surface area contributed by atoms with Gasteiger partial charge in [-0.25, -0.2) is 0 Å². The van der Waals surface area contributed by atoms with Crippen molar-refractivity contribution in [1.29, 1.82) is 0 Å². The molecule has 0 radical (unpaired) electrons. The molecular weight excluding hydrogens is 212 g/mol. The number of aliphatic hydroxyl groups excluding tert-OH is 1. The number of hydrogen-bond acceptors (Lipinski definition) is 3. The Bertz CT molecular complexity index is 333. The minimum Gasteiger partial charge on any atom is -0.397 e. The molecule has 0 spiro atoms. The summed E-state index contributed by atoms with van der Waals surface area (Å²) in [6.45, 7) is 5.37. The van der Waals surface area contributed by atoms with Gasteiger partial charge in [0, 0.05) is 13.2 Å². The summed E-state index contributed by atoms with van der Waals surface area (Å²) >= 11 is 0. The van der Waals surface area contributed by atoms with Gasteiger partial charge in [-0.2, -0.15) is 0 Å². The van der Waals surface area contributed by atoms with Gasteiger partial charge in [0.1, 0.15) is 0 Å². The molecular formula is C14H24N2O. The minimum atomic E-state index is 0.260. The van der Waals surface area contributed by atoms with Crippen molar-refractivity contribution in [2.45, 2.75) is 33.1 Å². The molecule has 0 bridgehead atoms. The van der Waals surface area contributed by atoms with E-state index in [1.807, 2.05) is 12.1 Å². The molecule has 1 aromatic carbocycles. The van der Waals surface area contributed by atoms with Crippen LogP contribution in [-0.4, -0.2) is 18.3 Å². The highest BCUT2D eigenvalue weighted by Gasteiger charge is 2.08. The van der Waals surface area contributed by atoms with Crippen molar-refractivity contribution in [2.75, 3.05) is 24.2 Å². The van der Waals surface area contributed by atoms with Crippen LogP contribution >= 0.6 is 0 Å². The fraction of sp³-hybridized carbons (Fsp3) is 0.571. The van der Waals surface area contributed by atoms with Gasteiger partial charge >= 0.3 is 0 Å². The van der Waals surface area contributed by atoms with Crippen molar-refractivity contribution in [2.24, 2.45) is 5.92 Å². The van der Waals surface area contributed by atoms with E-state index < -0.39 is 0 Å². The molecule has 0 amide bonds. The van der Waals surface area contributed by atoms with Crippen LogP contribution in [0.1, 0.15) is 31.7 Å². The molecule has 3 nitrogen and oxygen atoms in total. The van der Waals surface area contributed by atoms with Crippen LogP contribution in [0.2, 0.25) is 0 Å². The monoisotopic (exact) mass is 236 g/mol. The van der Waals surface area contributed by atoms with Gasteiger partial charge in [0.2, 0.25) is 0 Å². The van der Waals surface area contributed by atoms with E-state index in [-0.39, 0.29) is 6.61 Å². The largest absolute Gasteiger partial charge is 0.397 e. The van der Waals surface area contributed by atoms with E-state index in [1.165, 1.54) is 5.56 Å². The van der Waals surface area contributed by atoms with Gasteiger partial charge in [-0.15, -0.1) is 0 Å². The van der Waals surface area contributed by atoms with Crippen LogP contribution in [0.15, 0.2) is 18.2 Å². The van der Waals surface area contributed by atoms with Crippen molar-refractivity contribution in [3.8, 4) is 0 Å². The Kier molecular flexibility index (Phi) is 5.84. The third-order valence-electron chi connectivity index (χ3n) is 3.02. The van der Waals surface area contributed by atoms with Gasteiger partial charge in [-0.05, 0) is 43.4 Å². The molecule has 1 atom stereocenters. The molecule has 0 saturated carbocycles. The first-order valence-corrected chi connectivity index (χ1v) is 6.38. The number of nitrogens with one attached hydrogen (secondary N) is 1. The van der Waals surface area contributed by atoms with Gasteiger partial charge in [0.05, 0.1) is 11.4 Å². The van der Waals surface area contributed by atoms with Crippen molar-refractivity contribution < 1.29 is 5.11 Å². The van der Waals surface area contributed by atoms with E-state index in [9.17, 15) is 0 Å². The Morgan fingerprint density at radius 3 is 2.76 bits per heavy atom. The smallest absolute Gasteiger partial charge is 0.0576 e. The normalized spacial score (nSPS) is 12.4. The average Bonchev–Trinajstić information content (AvgIpc) is 2.30. The predicted octanol–water partition coefficient (Wildman–Crippen LogP) is 2.79. The minimum absolute atomic E-state index is 0.260. The summed E-state index contributed by atoms with van der Waals surface area (Å²) in [5.74, 6) is 0.518. The van der Waals surface area contributed by atoms with Crippen molar-refractivity contribution in [1.82, 2.24) is 0 Å². The van der Waals surface area contributed by atoms with Crippen LogP contribution in [0.3, 0.4) is 0 Å². The molecule has 4 N–H and O–H groups in total. The molecule has 0 aliphatic carbocycles. The molecule has 0 heterocycles. The quantitative estimate of drug-likeness (QED) is 0.638. The molecule has 96 valence electrons. The summed E-state index contributed by atoms with van der Waals surface area (Å²) in [5, 5.41) is 12.4. The van der Waals surface area contributed by atoms with Crippen LogP contribution < -0.4 is 11.1 Å². The lowest BCUT2D eigenvalue weighted by molar-refractivity contribution is 0.255. The maximum atomic E-state index is 9.01. The molecule has 0 aromatic heterocycles. The summed E-state index contributed by atoms with van der Waals surface area (Å²) in [6.07, 6.45) is 3.14. The van der Waals surface area contributed by atoms with Crippen LogP contribution in [0.5, 0.6) is 0 Å². The van der Waals surface area contributed by atoms with E-state index in [0.29, 0.717) is 5.92 Å². The number of benzene rings is 1. The van der Waals surface area contributed by atoms with Crippen molar-refractivity contribution in [3.63, 3.8) is 0 Å². The van der Waals surface area contributed by atoms with Gasteiger partial charge in [0.25, 0.3) is 0 Å². The van der Waals surface area contributed by atoms with Gasteiger partial charge in [-0.1, -0.05) is 19.4 Å². The number of nitrogen functional groups attached to an aromatic ring is 1. The molecule has 1 rings (SSSR count). The second-order valence-corrected chi connectivity index (χ2v) is 4.64. The SMILES string of the molecule is CCCC(CCO)CNc1cc(C)ccc1N. The van der Waals surface area contributed by atoms with Crippen molar-refractivity contribution in [3.05, 3.63) is 23.8 Å². The summed E-state index contributed by atoms with van der Waals surface area (Å²) in [4.78, 5) is 0. The van der Waals surface area contributed by atoms with E-state index in [2.05, 4.69) is 25.2 Å². The third-order valence-corrected chi connectivity index (χ3v) is 3.02. The van der Waals surface area contributed by atoms with E-state index in [1.54, 1.807) is 0 Å². The molecule has 0 saturated heterocycles. The molecule has 0 fully saturated rings. The Hall–Kier alpha value is -1.22. The third kappa shape index (κ3) is 4.65. The number of rotatable bonds is 7. The first-order chi connectivity index (χ1) is 8.17. The van der Waals surface area contributed by atoms with E-state index in [4.69, 9.17) is 10.8 Å². The van der Waals surface area contributed by atoms with Gasteiger partial charge in [-0.3, -0.25) is 0 Å². The van der Waals surface area contributed by atoms with E-state index in [0.717, 1.165) is 37.2 Å². The molecule has 0 aliphatic rings. The summed E-state index contributed by atoms with van der Waals surface area (Å²) in [7, 11) is 0. The van der Waals surface area contributed by atoms with Crippen molar-refractivity contribution >= 4 is 11.4 Å². The Morgan fingerprint density at radius 2 is 2.12 bits per heavy atom. The zero-order valence-corrected chi connectivity index (χ0v) is 10.9. The number of hydrogen-bond donors (Lipinski definition) is 3. The first-order valence-electron chi connectivity index (χ1n) is 6.38. The summed E-state index contributed by atoms with van der Waals surface area (Å²) in [5.41, 5.74) is 8.91. The highest BCUT2D eigenvalue weighted by atomic mass is 16.3. The molecule has 0 aliphatic heterocycles. The first kappa shape index (κ1) is 13.8. The Labute approximate surface area is 104 Å². The Morgan fingerprint density at radius 1 is 1.35 bits per heavy atom. The maximum Gasteiger partial charge on any atom is 0.0576 e. The zero-order chi connectivity index (χ0) is 12.7. The molecule has 3 heteroatoms. The fourth-order valence-electron chi connectivity index (χ4n) is 2.02. The molecule has 17 heavy (non-hydrogen) atoms. The lowest BCUT2D eigenvalue weighted by atomic mass is 10.00. The molecule has 1 aromatic rings. The highest BCUT2D eigenvalue weighted by molar-refractivity contribution is 5.66. The fourth-order valence-corrected chi connectivity index (χ4v) is 2.02. The summed E-state index contributed by atoms with van der Waals surface area (Å²) < 4.78 is 0. The highest BCUT2D eigenvalue weighted by Crippen LogP contribution is 2.21. The zero-order valence-electron chi connectivity index (χ0n) is 10.9. The predicted molar refractivity (Wildman–Crippen MR) is 74.2 cm³/mol. The van der Waals surface area contributed by atoms with Crippen LogP contribution in [-0.2, 0) is 0 Å². The van der Waals surface area contributed by atoms with Gasteiger partial charge < -0.3 is 16.2 Å². The summed E-state index contributed by atoms with van der Waals surface area (Å²) in [6, 6.07) is 6.01. The lowest BCUT2D eigenvalue weighted by Gasteiger charge is -2.17. The van der Waals surface area contributed by atoms with E-state index >= 15 is 0 Å². The number of nitrogens with two attached hydrogens (primary N) is 1. The molecule has 1 unspecified atom stereocenters. The second-order valence-electron chi connectivity index (χ2n) is 4.64. The Balaban J connectivity index is 2.55. The lowest BCUT2D eigenvalue weighted by Crippen LogP contribution is -2.16.